The average Bonchev–Trinajstić information content (AvgIpc) is 2.32. The molecule has 0 radical (unpaired) electrons. The fourth-order valence-corrected chi connectivity index (χ4v) is 2.77. The predicted octanol–water partition coefficient (Wildman–Crippen LogP) is 5.86. The summed E-state index contributed by atoms with van der Waals surface area (Å²) in [7, 11) is 0. The molecule has 0 aliphatic carbocycles. The minimum atomic E-state index is -0.622. The van der Waals surface area contributed by atoms with E-state index in [1.54, 1.807) is 0 Å². The van der Waals surface area contributed by atoms with E-state index >= 15 is 0 Å². The molecule has 0 fully saturated rings. The standard InChI is InChI=1S/C13H8Br3F2N/c14-9-2-1-7(3-10(9)15)6-19-13-11(16)4-8(17)5-12(13)18/h1-5,19H,6H2. The number of halogens is 5. The smallest absolute Gasteiger partial charge is 0.150 e. The zero-order chi connectivity index (χ0) is 14.0. The molecule has 0 spiro atoms. The van der Waals surface area contributed by atoms with E-state index in [4.69, 9.17) is 0 Å². The second-order valence-electron chi connectivity index (χ2n) is 3.85. The maximum atomic E-state index is 13.6. The highest BCUT2D eigenvalue weighted by atomic mass is 79.9. The molecule has 0 bridgehead atoms. The van der Waals surface area contributed by atoms with Crippen molar-refractivity contribution in [1.82, 2.24) is 0 Å². The van der Waals surface area contributed by atoms with E-state index in [2.05, 4.69) is 53.1 Å². The molecular weight excluding hydrogens is 448 g/mol. The van der Waals surface area contributed by atoms with Crippen molar-refractivity contribution in [2.75, 3.05) is 5.32 Å². The number of benzene rings is 2. The molecule has 2 rings (SSSR count). The highest BCUT2D eigenvalue weighted by Crippen LogP contribution is 2.28. The van der Waals surface area contributed by atoms with E-state index in [0.717, 1.165) is 20.6 Å². The summed E-state index contributed by atoms with van der Waals surface area (Å²) >= 11 is 9.92. The lowest BCUT2D eigenvalue weighted by atomic mass is 10.2. The lowest BCUT2D eigenvalue weighted by Crippen LogP contribution is -2.03. The molecule has 0 aliphatic heterocycles. The van der Waals surface area contributed by atoms with Gasteiger partial charge in [0.25, 0.3) is 0 Å². The summed E-state index contributed by atoms with van der Waals surface area (Å²) in [6.45, 7) is 0.438. The minimum absolute atomic E-state index is 0.250. The van der Waals surface area contributed by atoms with E-state index in [0.29, 0.717) is 11.0 Å². The van der Waals surface area contributed by atoms with Crippen molar-refractivity contribution >= 4 is 53.5 Å². The van der Waals surface area contributed by atoms with Crippen LogP contribution in [0.25, 0.3) is 0 Å². The number of nitrogens with one attached hydrogen (secondary N) is 1. The van der Waals surface area contributed by atoms with Gasteiger partial charge >= 0.3 is 0 Å². The number of hydrogen-bond donors (Lipinski definition) is 1. The van der Waals surface area contributed by atoms with Crippen LogP contribution in [-0.4, -0.2) is 0 Å². The van der Waals surface area contributed by atoms with Crippen molar-refractivity contribution < 1.29 is 8.78 Å². The van der Waals surface area contributed by atoms with Gasteiger partial charge in [0.1, 0.15) is 11.6 Å². The quantitative estimate of drug-likeness (QED) is 0.611. The van der Waals surface area contributed by atoms with Crippen molar-refractivity contribution in [3.05, 3.63) is 60.9 Å². The fraction of sp³-hybridized carbons (Fsp3) is 0.0769. The highest BCUT2D eigenvalue weighted by molar-refractivity contribution is 9.13. The topological polar surface area (TPSA) is 12.0 Å². The van der Waals surface area contributed by atoms with Crippen LogP contribution < -0.4 is 5.32 Å². The van der Waals surface area contributed by atoms with Crippen LogP contribution in [0, 0.1) is 11.6 Å². The molecule has 0 amide bonds. The van der Waals surface area contributed by atoms with Crippen molar-refractivity contribution in [3.63, 3.8) is 0 Å². The molecular formula is C13H8Br3F2N. The number of rotatable bonds is 3. The Balaban J connectivity index is 2.16. The maximum Gasteiger partial charge on any atom is 0.150 e. The molecule has 6 heteroatoms. The van der Waals surface area contributed by atoms with E-state index < -0.39 is 11.6 Å². The van der Waals surface area contributed by atoms with Crippen LogP contribution in [0.5, 0.6) is 0 Å². The Morgan fingerprint density at radius 2 is 1.63 bits per heavy atom. The van der Waals surface area contributed by atoms with Gasteiger partial charge in [0, 0.05) is 26.0 Å². The summed E-state index contributed by atoms with van der Waals surface area (Å²) in [6.07, 6.45) is 0. The number of anilines is 1. The van der Waals surface area contributed by atoms with Gasteiger partial charge in [-0.25, -0.2) is 8.78 Å². The Labute approximate surface area is 134 Å². The van der Waals surface area contributed by atoms with E-state index in [9.17, 15) is 8.78 Å². The van der Waals surface area contributed by atoms with E-state index in [1.807, 2.05) is 18.2 Å². The van der Waals surface area contributed by atoms with Crippen molar-refractivity contribution in [3.8, 4) is 0 Å². The third-order valence-electron chi connectivity index (χ3n) is 2.46. The van der Waals surface area contributed by atoms with Crippen LogP contribution in [0.1, 0.15) is 5.56 Å². The summed E-state index contributed by atoms with van der Waals surface area (Å²) in [5.74, 6) is -1.23. The molecule has 2 aromatic rings. The van der Waals surface area contributed by atoms with Crippen molar-refractivity contribution in [1.29, 1.82) is 0 Å². The summed E-state index contributed by atoms with van der Waals surface area (Å²) in [4.78, 5) is 0. The predicted molar refractivity (Wildman–Crippen MR) is 83.2 cm³/mol. The SMILES string of the molecule is Fc1cc(F)c(NCc2ccc(Br)c(Br)c2)c(Br)c1. The highest BCUT2D eigenvalue weighted by Gasteiger charge is 2.09. The summed E-state index contributed by atoms with van der Waals surface area (Å²) < 4.78 is 28.8. The van der Waals surface area contributed by atoms with Crippen LogP contribution in [-0.2, 0) is 6.54 Å². The molecule has 0 heterocycles. The monoisotopic (exact) mass is 453 g/mol. The van der Waals surface area contributed by atoms with Crippen molar-refractivity contribution in [2.45, 2.75) is 6.54 Å². The van der Waals surface area contributed by atoms with Gasteiger partial charge in [-0.2, -0.15) is 0 Å². The fourth-order valence-electron chi connectivity index (χ4n) is 1.55. The average molecular weight is 456 g/mol. The van der Waals surface area contributed by atoms with Gasteiger partial charge in [0.05, 0.1) is 5.69 Å². The summed E-state index contributed by atoms with van der Waals surface area (Å²) in [5, 5.41) is 2.95. The minimum Gasteiger partial charge on any atom is -0.378 e. The van der Waals surface area contributed by atoms with Crippen LogP contribution in [0.4, 0.5) is 14.5 Å². The molecule has 1 N–H and O–H groups in total. The molecule has 19 heavy (non-hydrogen) atoms. The lowest BCUT2D eigenvalue weighted by Gasteiger charge is -2.10. The van der Waals surface area contributed by atoms with Crippen LogP contribution in [0.15, 0.2) is 43.7 Å². The van der Waals surface area contributed by atoms with Gasteiger partial charge in [-0.1, -0.05) is 6.07 Å². The molecule has 0 unspecified atom stereocenters. The van der Waals surface area contributed by atoms with E-state index in [-0.39, 0.29) is 5.69 Å². The first-order chi connectivity index (χ1) is 8.97. The molecule has 0 atom stereocenters. The van der Waals surface area contributed by atoms with Gasteiger partial charge in [0.2, 0.25) is 0 Å². The molecule has 0 aliphatic rings. The summed E-state index contributed by atoms with van der Waals surface area (Å²) in [5.41, 5.74) is 1.23. The Kier molecular flexibility index (Phi) is 4.97. The normalized spacial score (nSPS) is 10.6. The second kappa shape index (κ2) is 6.33. The van der Waals surface area contributed by atoms with Gasteiger partial charge < -0.3 is 5.32 Å². The second-order valence-corrected chi connectivity index (χ2v) is 6.41. The molecule has 1 nitrogen and oxygen atoms in total. The Morgan fingerprint density at radius 3 is 2.26 bits per heavy atom. The van der Waals surface area contributed by atoms with E-state index in [1.165, 1.54) is 6.07 Å². The molecule has 0 saturated heterocycles. The van der Waals surface area contributed by atoms with Crippen LogP contribution in [0.3, 0.4) is 0 Å². The Hall–Kier alpha value is -0.460. The van der Waals surface area contributed by atoms with Crippen LogP contribution in [0.2, 0.25) is 0 Å². The first-order valence-corrected chi connectivity index (χ1v) is 7.67. The van der Waals surface area contributed by atoms with Crippen molar-refractivity contribution in [2.24, 2.45) is 0 Å². The molecule has 0 saturated carbocycles. The van der Waals surface area contributed by atoms with Gasteiger partial charge in [-0.3, -0.25) is 0 Å². The zero-order valence-corrected chi connectivity index (χ0v) is 14.2. The first-order valence-electron chi connectivity index (χ1n) is 5.29. The largest absolute Gasteiger partial charge is 0.378 e. The third kappa shape index (κ3) is 3.77. The first kappa shape index (κ1) is 14.9. The van der Waals surface area contributed by atoms with Crippen LogP contribution >= 0.6 is 47.8 Å². The Morgan fingerprint density at radius 1 is 0.895 bits per heavy atom. The number of hydrogen-bond acceptors (Lipinski definition) is 1. The van der Waals surface area contributed by atoms with Gasteiger partial charge in [-0.15, -0.1) is 0 Å². The lowest BCUT2D eigenvalue weighted by molar-refractivity contribution is 0.583. The third-order valence-corrected chi connectivity index (χ3v) is 4.97. The Bertz CT molecular complexity index is 594. The van der Waals surface area contributed by atoms with Gasteiger partial charge in [-0.05, 0) is 71.6 Å². The molecule has 2 aromatic carbocycles. The summed E-state index contributed by atoms with van der Waals surface area (Å²) in [6, 6.07) is 7.81. The zero-order valence-electron chi connectivity index (χ0n) is 9.48. The maximum absolute atomic E-state index is 13.6. The molecule has 0 aromatic heterocycles. The molecule has 100 valence electrons. The van der Waals surface area contributed by atoms with Gasteiger partial charge in [0.15, 0.2) is 0 Å².